The van der Waals surface area contributed by atoms with Gasteiger partial charge in [-0.3, -0.25) is 9.36 Å². The number of fused-ring (bicyclic) bond motifs is 1. The zero-order chi connectivity index (χ0) is 22.8. The van der Waals surface area contributed by atoms with Crippen molar-refractivity contribution >= 4 is 22.5 Å². The van der Waals surface area contributed by atoms with E-state index in [0.717, 1.165) is 6.07 Å². The van der Waals surface area contributed by atoms with Gasteiger partial charge in [-0.15, -0.1) is 0 Å². The minimum absolute atomic E-state index is 0.0401. The van der Waals surface area contributed by atoms with Gasteiger partial charge < -0.3 is 20.1 Å². The molecule has 1 fully saturated rings. The summed E-state index contributed by atoms with van der Waals surface area (Å²) in [4.78, 5) is 23.4. The number of rotatable bonds is 6. The van der Waals surface area contributed by atoms with Crippen molar-refractivity contribution in [2.24, 2.45) is 7.05 Å². The van der Waals surface area contributed by atoms with Crippen LogP contribution < -0.4 is 15.8 Å². The lowest BCUT2D eigenvalue weighted by Gasteiger charge is -2.28. The molecule has 0 aliphatic carbocycles. The molecule has 1 aliphatic rings. The number of nitrogens with zero attached hydrogens (tertiary/aromatic N) is 4. The third-order valence-electron chi connectivity index (χ3n) is 5.38. The molecule has 0 saturated carbocycles. The van der Waals surface area contributed by atoms with Gasteiger partial charge in [-0.05, 0) is 6.07 Å². The van der Waals surface area contributed by atoms with Gasteiger partial charge in [-0.2, -0.15) is 0 Å². The average molecular weight is 449 g/mol. The van der Waals surface area contributed by atoms with Crippen molar-refractivity contribution in [3.05, 3.63) is 57.4 Å². The molecule has 4 rings (SSSR count). The molecule has 0 amide bonds. The highest BCUT2D eigenvalue weighted by atomic mass is 19.3. The lowest BCUT2D eigenvalue weighted by molar-refractivity contribution is 0.122. The van der Waals surface area contributed by atoms with Gasteiger partial charge in [0.15, 0.2) is 5.82 Å². The fourth-order valence-electron chi connectivity index (χ4n) is 3.68. The maximum Gasteiger partial charge on any atom is 0.275 e. The van der Waals surface area contributed by atoms with Gasteiger partial charge in [0.2, 0.25) is 0 Å². The molecule has 170 valence electrons. The minimum Gasteiger partial charge on any atom is -0.388 e. The van der Waals surface area contributed by atoms with E-state index in [2.05, 4.69) is 15.3 Å². The zero-order valence-electron chi connectivity index (χ0n) is 17.3. The summed E-state index contributed by atoms with van der Waals surface area (Å²) < 4.78 is 47.2. The van der Waals surface area contributed by atoms with E-state index >= 15 is 0 Å². The number of ether oxygens (including phenoxy) is 1. The molecule has 3 aromatic rings. The second-order valence-electron chi connectivity index (χ2n) is 7.35. The maximum absolute atomic E-state index is 14.5. The van der Waals surface area contributed by atoms with Crippen LogP contribution in [0, 0.1) is 5.82 Å². The number of hydrogen-bond donors (Lipinski definition) is 2. The van der Waals surface area contributed by atoms with Gasteiger partial charge in [-0.25, -0.2) is 23.1 Å². The molecule has 32 heavy (non-hydrogen) atoms. The van der Waals surface area contributed by atoms with Crippen LogP contribution in [0.2, 0.25) is 0 Å². The summed E-state index contributed by atoms with van der Waals surface area (Å²) in [5.74, 6) is -0.668. The Hall–Kier alpha value is -3.18. The predicted molar refractivity (Wildman–Crippen MR) is 112 cm³/mol. The first kappa shape index (κ1) is 22.0. The van der Waals surface area contributed by atoms with Crippen LogP contribution in [0.3, 0.4) is 0 Å². The van der Waals surface area contributed by atoms with Crippen molar-refractivity contribution in [2.45, 2.75) is 19.6 Å². The second kappa shape index (κ2) is 9.13. The molecule has 2 N–H and O–H groups in total. The molecule has 0 atom stereocenters. The standard InChI is InChI=1S/C21H22F3N5O3/c1-28-20-14(9-15(21(28)31)29-5-7-32-8-6-29)19(26-16(11-30)27-20)25-10-12-3-2-4-13(17(12)22)18(23)24/h2-4,9,18,30H,5-8,10-11H2,1H3,(H,25,26,27). The number of halogens is 3. The topological polar surface area (TPSA) is 92.5 Å². The van der Waals surface area contributed by atoms with Crippen molar-refractivity contribution in [3.8, 4) is 0 Å². The molecule has 1 aliphatic heterocycles. The Balaban J connectivity index is 1.77. The molecule has 3 heterocycles. The molecule has 1 aromatic carbocycles. The molecule has 0 bridgehead atoms. The lowest BCUT2D eigenvalue weighted by Crippen LogP contribution is -2.40. The van der Waals surface area contributed by atoms with Gasteiger partial charge in [-0.1, -0.05) is 18.2 Å². The third-order valence-corrected chi connectivity index (χ3v) is 5.38. The Morgan fingerprint density at radius 2 is 2.00 bits per heavy atom. The van der Waals surface area contributed by atoms with Gasteiger partial charge in [0.25, 0.3) is 12.0 Å². The number of morpholine rings is 1. The van der Waals surface area contributed by atoms with E-state index in [1.165, 1.54) is 16.7 Å². The number of aliphatic hydroxyl groups excluding tert-OH is 1. The largest absolute Gasteiger partial charge is 0.388 e. The van der Waals surface area contributed by atoms with Crippen molar-refractivity contribution < 1.29 is 23.0 Å². The first-order valence-corrected chi connectivity index (χ1v) is 10.0. The van der Waals surface area contributed by atoms with Crippen LogP contribution in [-0.2, 0) is 24.9 Å². The van der Waals surface area contributed by atoms with Crippen molar-refractivity contribution in [1.29, 1.82) is 0 Å². The number of aryl methyl sites for hydroxylation is 1. The Labute approximate surface area is 181 Å². The number of hydrogen-bond acceptors (Lipinski definition) is 7. The zero-order valence-corrected chi connectivity index (χ0v) is 17.3. The number of aromatic nitrogens is 3. The summed E-state index contributed by atoms with van der Waals surface area (Å²) in [6, 6.07) is 5.45. The van der Waals surface area contributed by atoms with E-state index in [9.17, 15) is 23.1 Å². The number of aliphatic hydroxyl groups is 1. The van der Waals surface area contributed by atoms with Gasteiger partial charge >= 0.3 is 0 Å². The third kappa shape index (κ3) is 4.13. The molecule has 0 spiro atoms. The first-order chi connectivity index (χ1) is 15.4. The molecule has 11 heteroatoms. The van der Waals surface area contributed by atoms with Crippen molar-refractivity contribution in [1.82, 2.24) is 14.5 Å². The van der Waals surface area contributed by atoms with Crippen LogP contribution in [0.4, 0.5) is 24.7 Å². The summed E-state index contributed by atoms with van der Waals surface area (Å²) in [7, 11) is 1.57. The highest BCUT2D eigenvalue weighted by molar-refractivity contribution is 5.89. The van der Waals surface area contributed by atoms with Crippen LogP contribution in [0.1, 0.15) is 23.4 Å². The van der Waals surface area contributed by atoms with Crippen LogP contribution in [0.5, 0.6) is 0 Å². The van der Waals surface area contributed by atoms with Gasteiger partial charge in [0.1, 0.15) is 29.6 Å². The fourth-order valence-corrected chi connectivity index (χ4v) is 3.68. The van der Waals surface area contributed by atoms with E-state index in [-0.39, 0.29) is 35.0 Å². The summed E-state index contributed by atoms with van der Waals surface area (Å²) >= 11 is 0. The molecule has 0 radical (unpaired) electrons. The summed E-state index contributed by atoms with van der Waals surface area (Å²) in [6.07, 6.45) is -2.93. The van der Waals surface area contributed by atoms with Crippen LogP contribution in [-0.4, -0.2) is 45.9 Å². The molecule has 0 unspecified atom stereocenters. The van der Waals surface area contributed by atoms with Gasteiger partial charge in [0.05, 0.1) is 24.2 Å². The smallest absolute Gasteiger partial charge is 0.275 e. The second-order valence-corrected chi connectivity index (χ2v) is 7.35. The Bertz CT molecular complexity index is 1200. The number of pyridine rings is 1. The minimum atomic E-state index is -2.93. The monoisotopic (exact) mass is 449 g/mol. The Morgan fingerprint density at radius 3 is 2.69 bits per heavy atom. The van der Waals surface area contributed by atoms with E-state index in [0.29, 0.717) is 37.4 Å². The summed E-state index contributed by atoms with van der Waals surface area (Å²) in [5, 5.41) is 13.0. The van der Waals surface area contributed by atoms with Crippen LogP contribution in [0.15, 0.2) is 29.1 Å². The summed E-state index contributed by atoms with van der Waals surface area (Å²) in [5.41, 5.74) is -0.167. The Kier molecular flexibility index (Phi) is 6.28. The quantitative estimate of drug-likeness (QED) is 0.597. The number of benzene rings is 1. The highest BCUT2D eigenvalue weighted by Gasteiger charge is 2.20. The number of anilines is 2. The van der Waals surface area contributed by atoms with Crippen molar-refractivity contribution in [2.75, 3.05) is 36.5 Å². The van der Waals surface area contributed by atoms with E-state index in [1.54, 1.807) is 13.1 Å². The van der Waals surface area contributed by atoms with Gasteiger partial charge in [0, 0.05) is 32.2 Å². The molecular formula is C21H22F3N5O3. The molecule has 1 saturated heterocycles. The van der Waals surface area contributed by atoms with E-state index in [4.69, 9.17) is 4.74 Å². The number of nitrogens with one attached hydrogen (secondary N) is 1. The predicted octanol–water partition coefficient (Wildman–Crippen LogP) is 2.35. The highest BCUT2D eigenvalue weighted by Crippen LogP contribution is 2.27. The van der Waals surface area contributed by atoms with E-state index < -0.39 is 24.4 Å². The fraction of sp³-hybridized carbons (Fsp3) is 0.381. The van der Waals surface area contributed by atoms with Crippen LogP contribution >= 0.6 is 0 Å². The maximum atomic E-state index is 14.5. The Morgan fingerprint density at radius 1 is 1.25 bits per heavy atom. The number of alkyl halides is 2. The van der Waals surface area contributed by atoms with E-state index in [1.807, 2.05) is 4.90 Å². The van der Waals surface area contributed by atoms with Crippen molar-refractivity contribution in [3.63, 3.8) is 0 Å². The summed E-state index contributed by atoms with van der Waals surface area (Å²) in [6.45, 7) is 1.48. The average Bonchev–Trinajstić information content (AvgIpc) is 2.80. The normalized spacial score (nSPS) is 14.4. The van der Waals surface area contributed by atoms with Crippen LogP contribution in [0.25, 0.3) is 11.0 Å². The molecular weight excluding hydrogens is 427 g/mol. The molecule has 8 nitrogen and oxygen atoms in total. The lowest BCUT2D eigenvalue weighted by atomic mass is 10.1. The molecule has 2 aromatic heterocycles. The first-order valence-electron chi connectivity index (χ1n) is 10.0. The SMILES string of the molecule is Cn1c(=O)c(N2CCOCC2)cc2c(NCc3cccc(C(F)F)c3F)nc(CO)nc21.